The van der Waals surface area contributed by atoms with Gasteiger partial charge >= 0.3 is 0 Å². The largest absolute Gasteiger partial charge is 0.382 e. The zero-order chi connectivity index (χ0) is 15.5. The van der Waals surface area contributed by atoms with Crippen LogP contribution >= 0.6 is 11.3 Å². The fraction of sp³-hybridized carbons (Fsp3) is 0.125. The molecule has 3 rings (SSSR count). The molecule has 0 aliphatic heterocycles. The molecule has 3 aromatic rings. The predicted octanol–water partition coefficient (Wildman–Crippen LogP) is 2.46. The van der Waals surface area contributed by atoms with E-state index in [1.54, 1.807) is 0 Å². The molecule has 4 N–H and O–H groups in total. The molecule has 0 fully saturated rings. The Bertz CT molecular complexity index is 861. The third kappa shape index (κ3) is 2.73. The minimum atomic E-state index is 0.475. The first kappa shape index (κ1) is 14.3. The van der Waals surface area contributed by atoms with E-state index in [9.17, 15) is 0 Å². The van der Waals surface area contributed by atoms with E-state index in [0.717, 1.165) is 32.2 Å². The van der Waals surface area contributed by atoms with Crippen LogP contribution in [0.3, 0.4) is 0 Å². The maximum atomic E-state index is 6.05. The summed E-state index contributed by atoms with van der Waals surface area (Å²) in [5.74, 6) is 1.22. The van der Waals surface area contributed by atoms with Crippen molar-refractivity contribution < 1.29 is 0 Å². The SMILES string of the molecule is C/C=c1/nc(-c2sc(Nc3ccccc3)nc2N)[nH]/c1=C/C. The Morgan fingerprint density at radius 1 is 1.14 bits per heavy atom. The lowest BCUT2D eigenvalue weighted by atomic mass is 10.3. The Labute approximate surface area is 132 Å². The Kier molecular flexibility index (Phi) is 3.93. The number of para-hydroxylation sites is 1. The second kappa shape index (κ2) is 6.03. The predicted molar refractivity (Wildman–Crippen MR) is 93.4 cm³/mol. The normalized spacial score (nSPS) is 12.8. The van der Waals surface area contributed by atoms with Crippen LogP contribution in [0, 0.1) is 0 Å². The molecule has 22 heavy (non-hydrogen) atoms. The van der Waals surface area contributed by atoms with E-state index in [-0.39, 0.29) is 0 Å². The summed E-state index contributed by atoms with van der Waals surface area (Å²) in [5, 5.41) is 5.91. The van der Waals surface area contributed by atoms with E-state index in [0.29, 0.717) is 5.82 Å². The summed E-state index contributed by atoms with van der Waals surface area (Å²) in [7, 11) is 0. The van der Waals surface area contributed by atoms with Gasteiger partial charge in [0.2, 0.25) is 0 Å². The van der Waals surface area contributed by atoms with Crippen molar-refractivity contribution in [1.29, 1.82) is 0 Å². The van der Waals surface area contributed by atoms with Crippen LogP contribution in [0.15, 0.2) is 30.3 Å². The first-order valence-electron chi connectivity index (χ1n) is 6.98. The van der Waals surface area contributed by atoms with E-state index < -0.39 is 0 Å². The number of hydrogen-bond donors (Lipinski definition) is 3. The van der Waals surface area contributed by atoms with Crippen molar-refractivity contribution in [3.63, 3.8) is 0 Å². The number of rotatable bonds is 3. The molecule has 0 unspecified atom stereocenters. The number of hydrogen-bond acceptors (Lipinski definition) is 5. The van der Waals surface area contributed by atoms with E-state index >= 15 is 0 Å². The topological polar surface area (TPSA) is 79.6 Å². The molecule has 0 radical (unpaired) electrons. The van der Waals surface area contributed by atoms with E-state index in [1.165, 1.54) is 11.3 Å². The number of aromatic amines is 1. The van der Waals surface area contributed by atoms with Gasteiger partial charge in [0.25, 0.3) is 0 Å². The van der Waals surface area contributed by atoms with Gasteiger partial charge in [-0.1, -0.05) is 41.7 Å². The van der Waals surface area contributed by atoms with Crippen LogP contribution in [-0.2, 0) is 0 Å². The summed E-state index contributed by atoms with van der Waals surface area (Å²) in [5.41, 5.74) is 7.03. The smallest absolute Gasteiger partial charge is 0.189 e. The quantitative estimate of drug-likeness (QED) is 0.694. The van der Waals surface area contributed by atoms with Crippen LogP contribution in [0.25, 0.3) is 22.9 Å². The second-order valence-electron chi connectivity index (χ2n) is 4.69. The molecule has 0 aliphatic rings. The van der Waals surface area contributed by atoms with Crippen LogP contribution in [0.5, 0.6) is 0 Å². The third-order valence-corrected chi connectivity index (χ3v) is 4.21. The van der Waals surface area contributed by atoms with Crippen molar-refractivity contribution in [1.82, 2.24) is 15.0 Å². The highest BCUT2D eigenvalue weighted by Crippen LogP contribution is 2.33. The maximum absolute atomic E-state index is 6.05. The number of H-pyrrole nitrogens is 1. The lowest BCUT2D eigenvalue weighted by molar-refractivity contribution is 1.29. The van der Waals surface area contributed by atoms with Gasteiger partial charge in [0, 0.05) is 5.69 Å². The van der Waals surface area contributed by atoms with Gasteiger partial charge in [0.1, 0.15) is 10.7 Å². The average molecular weight is 311 g/mol. The van der Waals surface area contributed by atoms with Gasteiger partial charge in [0.05, 0.1) is 10.7 Å². The van der Waals surface area contributed by atoms with E-state index in [4.69, 9.17) is 5.73 Å². The van der Waals surface area contributed by atoms with Crippen molar-refractivity contribution >= 4 is 40.1 Å². The van der Waals surface area contributed by atoms with E-state index in [1.807, 2.05) is 56.3 Å². The molecule has 1 aromatic carbocycles. The van der Waals surface area contributed by atoms with Gasteiger partial charge < -0.3 is 16.0 Å². The highest BCUT2D eigenvalue weighted by molar-refractivity contribution is 7.19. The fourth-order valence-corrected chi connectivity index (χ4v) is 3.00. The number of nitrogens with one attached hydrogen (secondary N) is 2. The number of nitrogen functional groups attached to an aromatic ring is 1. The summed E-state index contributed by atoms with van der Waals surface area (Å²) in [6.07, 6.45) is 3.96. The Balaban J connectivity index is 1.98. The number of imidazole rings is 1. The molecule has 0 bridgehead atoms. The molecule has 0 saturated heterocycles. The summed E-state index contributed by atoms with van der Waals surface area (Å²) in [6, 6.07) is 9.89. The molecular weight excluding hydrogens is 294 g/mol. The number of thiazole rings is 1. The fourth-order valence-electron chi connectivity index (χ4n) is 2.15. The highest BCUT2D eigenvalue weighted by atomic mass is 32.1. The summed E-state index contributed by atoms with van der Waals surface area (Å²) < 4.78 is 0. The Morgan fingerprint density at radius 3 is 2.55 bits per heavy atom. The minimum absolute atomic E-state index is 0.475. The lowest BCUT2D eigenvalue weighted by Gasteiger charge is -2.00. The van der Waals surface area contributed by atoms with E-state index in [2.05, 4.69) is 20.3 Å². The van der Waals surface area contributed by atoms with Crippen LogP contribution in [0.2, 0.25) is 0 Å². The van der Waals surface area contributed by atoms with Crippen molar-refractivity contribution in [2.45, 2.75) is 13.8 Å². The molecule has 0 atom stereocenters. The lowest BCUT2D eigenvalue weighted by Crippen LogP contribution is -2.23. The molecule has 2 aromatic heterocycles. The monoisotopic (exact) mass is 311 g/mol. The molecule has 0 spiro atoms. The molecular formula is C16H17N5S. The van der Waals surface area contributed by atoms with Crippen molar-refractivity contribution in [2.24, 2.45) is 0 Å². The maximum Gasteiger partial charge on any atom is 0.189 e. The van der Waals surface area contributed by atoms with Gasteiger partial charge in [-0.05, 0) is 26.0 Å². The van der Waals surface area contributed by atoms with Crippen molar-refractivity contribution in [2.75, 3.05) is 11.1 Å². The van der Waals surface area contributed by atoms with Gasteiger partial charge in [-0.2, -0.15) is 0 Å². The first-order chi connectivity index (χ1) is 10.7. The molecule has 0 aliphatic carbocycles. The number of benzene rings is 1. The highest BCUT2D eigenvalue weighted by Gasteiger charge is 2.13. The number of aromatic nitrogens is 3. The third-order valence-electron chi connectivity index (χ3n) is 3.22. The van der Waals surface area contributed by atoms with Gasteiger partial charge in [-0.25, -0.2) is 9.97 Å². The van der Waals surface area contributed by atoms with Crippen LogP contribution in [0.4, 0.5) is 16.6 Å². The number of nitrogens with zero attached hydrogens (tertiary/aromatic N) is 2. The zero-order valence-electron chi connectivity index (χ0n) is 12.4. The first-order valence-corrected chi connectivity index (χ1v) is 7.80. The molecule has 112 valence electrons. The van der Waals surface area contributed by atoms with Crippen LogP contribution < -0.4 is 21.7 Å². The van der Waals surface area contributed by atoms with Crippen LogP contribution in [0.1, 0.15) is 13.8 Å². The average Bonchev–Trinajstić information content (AvgIpc) is 3.11. The zero-order valence-corrected chi connectivity index (χ0v) is 13.2. The Hall–Kier alpha value is -2.60. The van der Waals surface area contributed by atoms with Crippen molar-refractivity contribution in [3.8, 4) is 10.7 Å². The second-order valence-corrected chi connectivity index (χ2v) is 5.69. The van der Waals surface area contributed by atoms with Crippen LogP contribution in [-0.4, -0.2) is 15.0 Å². The molecule has 2 heterocycles. The molecule has 0 saturated carbocycles. The Morgan fingerprint density at radius 2 is 1.91 bits per heavy atom. The summed E-state index contributed by atoms with van der Waals surface area (Å²) in [6.45, 7) is 3.94. The summed E-state index contributed by atoms with van der Waals surface area (Å²) >= 11 is 1.48. The van der Waals surface area contributed by atoms with Crippen molar-refractivity contribution in [3.05, 3.63) is 41.0 Å². The molecule has 6 heteroatoms. The summed E-state index contributed by atoms with van der Waals surface area (Å²) in [4.78, 5) is 13.1. The van der Waals surface area contributed by atoms with Gasteiger partial charge in [0.15, 0.2) is 11.0 Å². The van der Waals surface area contributed by atoms with Gasteiger partial charge in [-0.3, -0.25) is 0 Å². The minimum Gasteiger partial charge on any atom is -0.382 e. The number of anilines is 3. The standard InChI is InChI=1S/C16H17N5S/c1-3-11-12(4-2)20-15(19-11)13-14(17)21-16(22-13)18-10-8-6-5-7-9-10/h3-9H,17H2,1-2H3,(H,18,21)(H,19,20)/b11-3+,12-4+. The molecule has 0 amide bonds. The van der Waals surface area contributed by atoms with Gasteiger partial charge in [-0.15, -0.1) is 0 Å². The molecule has 5 nitrogen and oxygen atoms in total. The number of nitrogens with two attached hydrogens (primary N) is 1.